The van der Waals surface area contributed by atoms with Crippen molar-refractivity contribution < 1.29 is 13.2 Å². The van der Waals surface area contributed by atoms with Crippen LogP contribution in [0.25, 0.3) is 11.8 Å². The Hall–Kier alpha value is -2.17. The number of para-hydroxylation sites is 1. The number of aromatic amines is 1. The molecule has 0 radical (unpaired) electrons. The minimum Gasteiger partial charge on any atom is -0.295 e. The molecule has 1 aromatic heterocycles. The highest BCUT2D eigenvalue weighted by atomic mass is 32.2. The summed E-state index contributed by atoms with van der Waals surface area (Å²) in [5.74, 6) is -0.355. The number of carbonyl (C=O) groups excluding carboxylic acids is 1. The number of hydrogen-bond acceptors (Lipinski definition) is 6. The Labute approximate surface area is 171 Å². The van der Waals surface area contributed by atoms with E-state index in [1.54, 1.807) is 19.1 Å². The maximum atomic E-state index is 12.9. The van der Waals surface area contributed by atoms with Crippen LogP contribution in [0, 0.1) is 6.92 Å². The molecule has 2 fully saturated rings. The Balaban J connectivity index is 1.67. The number of H-pyrrole nitrogens is 1. The van der Waals surface area contributed by atoms with E-state index in [4.69, 9.17) is 12.2 Å². The van der Waals surface area contributed by atoms with Crippen LogP contribution in [0.1, 0.15) is 17.7 Å². The lowest BCUT2D eigenvalue weighted by atomic mass is 10.2. The first-order valence-electron chi connectivity index (χ1n) is 8.61. The predicted molar refractivity (Wildman–Crippen MR) is 113 cm³/mol. The number of nitrogens with zero attached hydrogens (tertiary/aromatic N) is 2. The highest BCUT2D eigenvalue weighted by molar-refractivity contribution is 8.26. The van der Waals surface area contributed by atoms with Crippen molar-refractivity contribution >= 4 is 50.1 Å². The van der Waals surface area contributed by atoms with Crippen LogP contribution in [0.4, 0.5) is 0 Å². The SMILES string of the molecule is Cc1[nH]n(-c2ccccc2)c(=O)c1/C=C1\SC(=S)N(C2CCS(=O)(=O)C2)C1=O. The zero-order chi connectivity index (χ0) is 20.1. The first-order valence-corrected chi connectivity index (χ1v) is 11.7. The average Bonchev–Trinajstić information content (AvgIpc) is 3.24. The fraction of sp³-hybridized carbons (Fsp3) is 0.278. The summed E-state index contributed by atoms with van der Waals surface area (Å²) < 4.78 is 25.3. The minimum atomic E-state index is -3.14. The summed E-state index contributed by atoms with van der Waals surface area (Å²) in [4.78, 5) is 27.4. The third-order valence-electron chi connectivity index (χ3n) is 4.80. The molecule has 0 aliphatic carbocycles. The number of aromatic nitrogens is 2. The first kappa shape index (κ1) is 19.2. The monoisotopic (exact) mass is 435 g/mol. The van der Waals surface area contributed by atoms with Gasteiger partial charge in [-0.25, -0.2) is 13.1 Å². The molecule has 2 saturated heterocycles. The van der Waals surface area contributed by atoms with Gasteiger partial charge in [-0.1, -0.05) is 42.2 Å². The van der Waals surface area contributed by atoms with Gasteiger partial charge in [0.25, 0.3) is 11.5 Å². The lowest BCUT2D eigenvalue weighted by molar-refractivity contribution is -0.123. The maximum Gasteiger partial charge on any atom is 0.278 e. The lowest BCUT2D eigenvalue weighted by Crippen LogP contribution is -2.39. The van der Waals surface area contributed by atoms with E-state index >= 15 is 0 Å². The fourth-order valence-corrected chi connectivity index (χ4v) is 6.48. The van der Waals surface area contributed by atoms with Crippen LogP contribution in [0.3, 0.4) is 0 Å². The summed E-state index contributed by atoms with van der Waals surface area (Å²) in [5, 5.41) is 3.02. The second-order valence-electron chi connectivity index (χ2n) is 6.74. The molecular weight excluding hydrogens is 418 g/mol. The molecule has 1 aromatic carbocycles. The Morgan fingerprint density at radius 2 is 1.96 bits per heavy atom. The third kappa shape index (κ3) is 3.36. The van der Waals surface area contributed by atoms with Crippen LogP contribution in [0.2, 0.25) is 0 Å². The number of thiocarbonyl (C=S) groups is 1. The molecule has 2 aromatic rings. The molecule has 2 aliphatic rings. The van der Waals surface area contributed by atoms with E-state index in [2.05, 4.69) is 5.10 Å². The molecule has 146 valence electrons. The summed E-state index contributed by atoms with van der Waals surface area (Å²) in [6.07, 6.45) is 1.92. The Bertz CT molecular complexity index is 1160. The van der Waals surface area contributed by atoms with Crippen molar-refractivity contribution in [1.82, 2.24) is 14.7 Å². The van der Waals surface area contributed by atoms with Crippen LogP contribution in [0.5, 0.6) is 0 Å². The van der Waals surface area contributed by atoms with E-state index in [9.17, 15) is 18.0 Å². The number of sulfone groups is 1. The van der Waals surface area contributed by atoms with E-state index in [0.29, 0.717) is 32.6 Å². The number of thioether (sulfide) groups is 1. The van der Waals surface area contributed by atoms with Crippen LogP contribution in [0.15, 0.2) is 40.0 Å². The average molecular weight is 436 g/mol. The van der Waals surface area contributed by atoms with Gasteiger partial charge >= 0.3 is 0 Å². The normalized spacial score (nSPS) is 23.1. The number of benzene rings is 1. The van der Waals surface area contributed by atoms with E-state index in [1.807, 2.05) is 18.2 Å². The Morgan fingerprint density at radius 3 is 2.61 bits per heavy atom. The van der Waals surface area contributed by atoms with Crippen molar-refractivity contribution in [2.24, 2.45) is 0 Å². The molecule has 3 heterocycles. The quantitative estimate of drug-likeness (QED) is 0.585. The van der Waals surface area contributed by atoms with E-state index in [-0.39, 0.29) is 23.0 Å². The van der Waals surface area contributed by atoms with E-state index < -0.39 is 15.9 Å². The Kier molecular flexibility index (Phi) is 4.80. The molecule has 1 amide bonds. The van der Waals surface area contributed by atoms with Gasteiger partial charge in [0.15, 0.2) is 9.84 Å². The van der Waals surface area contributed by atoms with Gasteiger partial charge in [0.2, 0.25) is 0 Å². The third-order valence-corrected chi connectivity index (χ3v) is 7.88. The molecule has 1 atom stereocenters. The van der Waals surface area contributed by atoms with Crippen LogP contribution in [-0.4, -0.2) is 50.9 Å². The second-order valence-corrected chi connectivity index (χ2v) is 10.6. The van der Waals surface area contributed by atoms with Gasteiger partial charge in [-0.05, 0) is 31.6 Å². The topological polar surface area (TPSA) is 92.2 Å². The van der Waals surface area contributed by atoms with Crippen LogP contribution < -0.4 is 5.56 Å². The van der Waals surface area contributed by atoms with Gasteiger partial charge in [-0.2, -0.15) is 0 Å². The lowest BCUT2D eigenvalue weighted by Gasteiger charge is -2.20. The Morgan fingerprint density at radius 1 is 1.25 bits per heavy atom. The molecule has 10 heteroatoms. The van der Waals surface area contributed by atoms with Gasteiger partial charge in [0.1, 0.15) is 4.32 Å². The van der Waals surface area contributed by atoms with Gasteiger partial charge in [-0.3, -0.25) is 19.6 Å². The molecule has 2 aliphatic heterocycles. The number of carbonyl (C=O) groups is 1. The van der Waals surface area contributed by atoms with Crippen molar-refractivity contribution in [3.05, 3.63) is 56.8 Å². The maximum absolute atomic E-state index is 12.9. The fourth-order valence-electron chi connectivity index (χ4n) is 3.39. The zero-order valence-electron chi connectivity index (χ0n) is 14.9. The summed E-state index contributed by atoms with van der Waals surface area (Å²) in [5.41, 5.74) is 1.43. The van der Waals surface area contributed by atoms with E-state index in [0.717, 1.165) is 11.8 Å². The minimum absolute atomic E-state index is 0.0620. The first-order chi connectivity index (χ1) is 13.3. The number of nitrogens with one attached hydrogen (secondary N) is 1. The molecular formula is C18H17N3O4S3. The summed E-state index contributed by atoms with van der Waals surface area (Å²) in [7, 11) is -3.14. The molecule has 1 N–H and O–H groups in total. The largest absolute Gasteiger partial charge is 0.295 e. The van der Waals surface area contributed by atoms with Gasteiger partial charge in [0, 0.05) is 5.69 Å². The number of rotatable bonds is 3. The highest BCUT2D eigenvalue weighted by Gasteiger charge is 2.42. The molecule has 0 spiro atoms. The van der Waals surface area contributed by atoms with Crippen molar-refractivity contribution in [1.29, 1.82) is 0 Å². The van der Waals surface area contributed by atoms with Crippen LogP contribution >= 0.6 is 24.0 Å². The molecule has 1 unspecified atom stereocenters. The molecule has 0 bridgehead atoms. The summed E-state index contributed by atoms with van der Waals surface area (Å²) in [6.45, 7) is 1.76. The summed E-state index contributed by atoms with van der Waals surface area (Å²) >= 11 is 6.41. The smallest absolute Gasteiger partial charge is 0.278 e. The van der Waals surface area contributed by atoms with Crippen LogP contribution in [-0.2, 0) is 14.6 Å². The number of hydrogen-bond donors (Lipinski definition) is 1. The molecule has 4 rings (SSSR count). The highest BCUT2D eigenvalue weighted by Crippen LogP contribution is 2.36. The molecule has 28 heavy (non-hydrogen) atoms. The van der Waals surface area contributed by atoms with Gasteiger partial charge in [-0.15, -0.1) is 0 Å². The molecule has 7 nitrogen and oxygen atoms in total. The van der Waals surface area contributed by atoms with E-state index in [1.165, 1.54) is 15.7 Å². The van der Waals surface area contributed by atoms with Gasteiger partial charge in [0.05, 0.1) is 33.7 Å². The predicted octanol–water partition coefficient (Wildman–Crippen LogP) is 1.86. The number of aryl methyl sites for hydroxylation is 1. The number of amides is 1. The molecule has 0 saturated carbocycles. The zero-order valence-corrected chi connectivity index (χ0v) is 17.4. The van der Waals surface area contributed by atoms with Crippen molar-refractivity contribution in [2.45, 2.75) is 19.4 Å². The van der Waals surface area contributed by atoms with Gasteiger partial charge < -0.3 is 0 Å². The summed E-state index contributed by atoms with van der Waals surface area (Å²) in [6, 6.07) is 8.70. The van der Waals surface area contributed by atoms with Crippen molar-refractivity contribution in [3.8, 4) is 5.69 Å². The van der Waals surface area contributed by atoms with Crippen molar-refractivity contribution in [2.75, 3.05) is 11.5 Å². The van der Waals surface area contributed by atoms with Crippen molar-refractivity contribution in [3.63, 3.8) is 0 Å². The standard InChI is InChI=1S/C18H17N3O4S3/c1-11-14(16(22)21(19-11)12-5-3-2-4-6-12)9-15-17(23)20(18(26)27-15)13-7-8-28(24,25)10-13/h2-6,9,13,19H,7-8,10H2,1H3/b15-9-. The second kappa shape index (κ2) is 7.02.